The third-order valence-electron chi connectivity index (χ3n) is 3.31. The number of hydrogen-bond acceptors (Lipinski definition) is 6. The number of amides is 1. The Hall–Kier alpha value is -1.05. The number of anilines is 1. The number of carbonyl (C=O) groups excluding carboxylic acids is 1. The zero-order valence-electron chi connectivity index (χ0n) is 11.8. The van der Waals surface area contributed by atoms with Crippen LogP contribution in [0, 0.1) is 0 Å². The number of nitrogens with zero attached hydrogens (tertiary/aromatic N) is 2. The Morgan fingerprint density at radius 2 is 2.10 bits per heavy atom. The van der Waals surface area contributed by atoms with E-state index in [0.717, 1.165) is 5.01 Å². The summed E-state index contributed by atoms with van der Waals surface area (Å²) in [5.74, 6) is 0.317. The molecule has 1 fully saturated rings. The average molecular weight is 299 g/mol. The van der Waals surface area contributed by atoms with Crippen molar-refractivity contribution in [1.29, 1.82) is 0 Å². The Bertz CT molecular complexity index is 419. The zero-order valence-corrected chi connectivity index (χ0v) is 12.6. The molecule has 6 nitrogen and oxygen atoms in total. The fraction of sp³-hybridized carbons (Fsp3) is 0.769. The minimum Gasteiger partial charge on any atom is -0.382 e. The Morgan fingerprint density at radius 3 is 2.85 bits per heavy atom. The van der Waals surface area contributed by atoms with Gasteiger partial charge in [0.15, 0.2) is 0 Å². The summed E-state index contributed by atoms with van der Waals surface area (Å²) < 4.78 is 9.99. The molecule has 7 heteroatoms. The molecule has 2 rings (SSSR count). The van der Waals surface area contributed by atoms with Gasteiger partial charge in [0.2, 0.25) is 5.13 Å². The molecule has 112 valence electrons. The summed E-state index contributed by atoms with van der Waals surface area (Å²) in [6.07, 6.45) is 6.21. The molecule has 1 N–H and O–H groups in total. The fourth-order valence-corrected chi connectivity index (χ4v) is 3.19. The first kappa shape index (κ1) is 15.3. The predicted molar refractivity (Wildman–Crippen MR) is 77.1 cm³/mol. The van der Waals surface area contributed by atoms with Crippen LogP contribution in [0.3, 0.4) is 0 Å². The molecule has 1 saturated carbocycles. The molecular weight excluding hydrogens is 278 g/mol. The second-order valence-corrected chi connectivity index (χ2v) is 5.88. The van der Waals surface area contributed by atoms with Crippen molar-refractivity contribution in [2.75, 3.05) is 32.2 Å². The van der Waals surface area contributed by atoms with Crippen molar-refractivity contribution in [1.82, 2.24) is 10.2 Å². The van der Waals surface area contributed by atoms with E-state index in [1.807, 2.05) is 0 Å². The topological polar surface area (TPSA) is 73.3 Å². The molecule has 1 aromatic rings. The van der Waals surface area contributed by atoms with Crippen molar-refractivity contribution < 1.29 is 14.3 Å². The second kappa shape index (κ2) is 8.28. The molecule has 0 atom stereocenters. The van der Waals surface area contributed by atoms with E-state index < -0.39 is 0 Å². The largest absolute Gasteiger partial charge is 0.382 e. The number of carbonyl (C=O) groups is 1. The van der Waals surface area contributed by atoms with Crippen molar-refractivity contribution in [2.24, 2.45) is 0 Å². The molecule has 0 aliphatic heterocycles. The Balaban J connectivity index is 1.75. The van der Waals surface area contributed by atoms with E-state index in [0.29, 0.717) is 24.3 Å². The lowest BCUT2D eigenvalue weighted by Crippen LogP contribution is -2.19. The van der Waals surface area contributed by atoms with Crippen LogP contribution >= 0.6 is 11.3 Å². The Morgan fingerprint density at radius 1 is 1.30 bits per heavy atom. The van der Waals surface area contributed by atoms with Crippen LogP contribution in [0.5, 0.6) is 0 Å². The SMILES string of the molecule is COCCOCC(=O)Nc1nnc(C2CCCCC2)s1. The first-order valence-corrected chi connectivity index (χ1v) is 7.81. The van der Waals surface area contributed by atoms with Crippen LogP contribution in [-0.2, 0) is 14.3 Å². The van der Waals surface area contributed by atoms with Gasteiger partial charge in [0, 0.05) is 13.0 Å². The van der Waals surface area contributed by atoms with E-state index in [1.54, 1.807) is 7.11 Å². The zero-order chi connectivity index (χ0) is 14.2. The van der Waals surface area contributed by atoms with Gasteiger partial charge < -0.3 is 9.47 Å². The normalized spacial score (nSPS) is 16.2. The monoisotopic (exact) mass is 299 g/mol. The number of aromatic nitrogens is 2. The fourth-order valence-electron chi connectivity index (χ4n) is 2.26. The average Bonchev–Trinajstić information content (AvgIpc) is 2.93. The van der Waals surface area contributed by atoms with Gasteiger partial charge in [-0.25, -0.2) is 0 Å². The number of hydrogen-bond donors (Lipinski definition) is 1. The smallest absolute Gasteiger partial charge is 0.252 e. The molecule has 1 aliphatic rings. The van der Waals surface area contributed by atoms with Crippen molar-refractivity contribution in [2.45, 2.75) is 38.0 Å². The summed E-state index contributed by atoms with van der Waals surface area (Å²) in [6, 6.07) is 0. The highest BCUT2D eigenvalue weighted by Gasteiger charge is 2.20. The predicted octanol–water partition coefficient (Wildman–Crippen LogP) is 2.19. The van der Waals surface area contributed by atoms with Gasteiger partial charge >= 0.3 is 0 Å². The van der Waals surface area contributed by atoms with Crippen LogP contribution in [0.2, 0.25) is 0 Å². The van der Waals surface area contributed by atoms with Crippen LogP contribution in [0.15, 0.2) is 0 Å². The van der Waals surface area contributed by atoms with Gasteiger partial charge in [0.05, 0.1) is 13.2 Å². The van der Waals surface area contributed by atoms with Gasteiger partial charge in [-0.3, -0.25) is 10.1 Å². The van der Waals surface area contributed by atoms with Crippen LogP contribution in [0.25, 0.3) is 0 Å². The van der Waals surface area contributed by atoms with E-state index in [4.69, 9.17) is 9.47 Å². The molecule has 1 aliphatic carbocycles. The number of methoxy groups -OCH3 is 1. The van der Waals surface area contributed by atoms with Crippen molar-refractivity contribution in [3.05, 3.63) is 5.01 Å². The number of nitrogens with one attached hydrogen (secondary N) is 1. The van der Waals surface area contributed by atoms with Gasteiger partial charge in [0.1, 0.15) is 11.6 Å². The summed E-state index contributed by atoms with van der Waals surface area (Å²) >= 11 is 1.48. The van der Waals surface area contributed by atoms with Crippen molar-refractivity contribution in [3.63, 3.8) is 0 Å². The summed E-state index contributed by atoms with van der Waals surface area (Å²) in [5, 5.41) is 12.5. The van der Waals surface area contributed by atoms with Crippen molar-refractivity contribution >= 4 is 22.4 Å². The summed E-state index contributed by atoms with van der Waals surface area (Å²) in [6.45, 7) is 0.910. The molecule has 1 amide bonds. The number of rotatable bonds is 7. The summed E-state index contributed by atoms with van der Waals surface area (Å²) in [5.41, 5.74) is 0. The third-order valence-corrected chi connectivity index (χ3v) is 4.31. The minimum absolute atomic E-state index is 0.0156. The first-order chi connectivity index (χ1) is 9.79. The Kier molecular flexibility index (Phi) is 6.35. The van der Waals surface area contributed by atoms with E-state index in [-0.39, 0.29) is 12.5 Å². The minimum atomic E-state index is -0.201. The highest BCUT2D eigenvalue weighted by atomic mass is 32.1. The summed E-state index contributed by atoms with van der Waals surface area (Å²) in [4.78, 5) is 11.6. The van der Waals surface area contributed by atoms with Gasteiger partial charge in [0.25, 0.3) is 5.91 Å². The van der Waals surface area contributed by atoms with E-state index in [2.05, 4.69) is 15.5 Å². The molecule has 0 radical (unpaired) electrons. The van der Waals surface area contributed by atoms with Gasteiger partial charge in [-0.15, -0.1) is 10.2 Å². The highest BCUT2D eigenvalue weighted by Crippen LogP contribution is 2.35. The second-order valence-electron chi connectivity index (χ2n) is 4.87. The lowest BCUT2D eigenvalue weighted by molar-refractivity contribution is -0.121. The first-order valence-electron chi connectivity index (χ1n) is 6.99. The van der Waals surface area contributed by atoms with Gasteiger partial charge in [-0.2, -0.15) is 0 Å². The van der Waals surface area contributed by atoms with E-state index >= 15 is 0 Å². The molecule has 0 bridgehead atoms. The molecule has 0 unspecified atom stereocenters. The quantitative estimate of drug-likeness (QED) is 0.781. The summed E-state index contributed by atoms with van der Waals surface area (Å²) in [7, 11) is 1.59. The Labute approximate surface area is 122 Å². The van der Waals surface area contributed by atoms with Crippen LogP contribution in [0.4, 0.5) is 5.13 Å². The standard InChI is InChI=1S/C13H21N3O3S/c1-18-7-8-19-9-11(17)14-13-16-15-12(20-13)10-5-3-2-4-6-10/h10H,2-9H2,1H3,(H,14,16,17). The van der Waals surface area contributed by atoms with Crippen molar-refractivity contribution in [3.8, 4) is 0 Å². The maximum atomic E-state index is 11.6. The molecule has 0 saturated heterocycles. The van der Waals surface area contributed by atoms with Gasteiger partial charge in [-0.05, 0) is 12.8 Å². The van der Waals surface area contributed by atoms with Crippen LogP contribution in [-0.4, -0.2) is 43.0 Å². The highest BCUT2D eigenvalue weighted by molar-refractivity contribution is 7.15. The van der Waals surface area contributed by atoms with Crippen LogP contribution in [0.1, 0.15) is 43.0 Å². The molecule has 1 heterocycles. The third kappa shape index (κ3) is 4.81. The number of ether oxygens (including phenoxy) is 2. The van der Waals surface area contributed by atoms with Gasteiger partial charge in [-0.1, -0.05) is 30.6 Å². The van der Waals surface area contributed by atoms with E-state index in [9.17, 15) is 4.79 Å². The molecule has 1 aromatic heterocycles. The van der Waals surface area contributed by atoms with E-state index in [1.165, 1.54) is 43.4 Å². The van der Waals surface area contributed by atoms with Crippen LogP contribution < -0.4 is 5.32 Å². The maximum Gasteiger partial charge on any atom is 0.252 e. The maximum absolute atomic E-state index is 11.6. The lowest BCUT2D eigenvalue weighted by atomic mass is 9.90. The molecule has 20 heavy (non-hydrogen) atoms. The lowest BCUT2D eigenvalue weighted by Gasteiger charge is -2.18. The molecule has 0 aromatic carbocycles. The molecular formula is C13H21N3O3S. The molecule has 0 spiro atoms.